The highest BCUT2D eigenvalue weighted by Crippen LogP contribution is 1.78. The average molecular weight is 395 g/mol. The van der Waals surface area contributed by atoms with Crippen molar-refractivity contribution in [2.24, 2.45) is 0 Å². The maximum atomic E-state index is 11.1. The highest BCUT2D eigenvalue weighted by Gasteiger charge is 1.96. The number of urea groups is 1. The van der Waals surface area contributed by atoms with E-state index in [0.717, 1.165) is 19.5 Å². The molecule has 0 bridgehead atoms. The molecule has 0 aromatic carbocycles. The van der Waals surface area contributed by atoms with E-state index in [0.29, 0.717) is 39.5 Å². The highest BCUT2D eigenvalue weighted by molar-refractivity contribution is 14.0. The van der Waals surface area contributed by atoms with Crippen molar-refractivity contribution in [3.8, 4) is 0 Å². The van der Waals surface area contributed by atoms with Crippen LogP contribution < -0.4 is 16.0 Å². The Kier molecular flexibility index (Phi) is 19.9. The highest BCUT2D eigenvalue weighted by atomic mass is 127. The van der Waals surface area contributed by atoms with E-state index in [2.05, 4.69) is 22.9 Å². The average Bonchev–Trinajstić information content (AvgIpc) is 2.38. The molecule has 3 N–H and O–H groups in total. The predicted octanol–water partition coefficient (Wildman–Crippen LogP) is 1.69. The lowest BCUT2D eigenvalue weighted by atomic mass is 10.5. The minimum Gasteiger partial charge on any atom is -0.378 e. The molecule has 0 aliphatic carbocycles. The van der Waals surface area contributed by atoms with Crippen LogP contribution in [0.1, 0.15) is 24.5 Å². The Balaban J connectivity index is -0.000000241. The molecule has 0 atom stereocenters. The first-order chi connectivity index (χ1) is 8.81. The van der Waals surface area contributed by atoms with Crippen molar-refractivity contribution in [2.45, 2.75) is 20.3 Å². The number of nitrogens with one attached hydrogen (secondary N) is 3. The van der Waals surface area contributed by atoms with Crippen LogP contribution in [0.5, 0.6) is 0 Å². The van der Waals surface area contributed by atoms with E-state index in [1.807, 2.05) is 6.92 Å². The van der Waals surface area contributed by atoms with Gasteiger partial charge in [-0.05, 0) is 13.0 Å². The van der Waals surface area contributed by atoms with Crippen LogP contribution in [0.25, 0.3) is 0 Å². The van der Waals surface area contributed by atoms with Gasteiger partial charge in [0.15, 0.2) is 0 Å². The Hall–Kier alpha value is -0.120. The number of rotatable bonds is 12. The van der Waals surface area contributed by atoms with Gasteiger partial charge in [0.2, 0.25) is 0 Å². The van der Waals surface area contributed by atoms with Gasteiger partial charge in [0.1, 0.15) is 0 Å². The number of carbonyl (C=O) groups is 1. The molecule has 0 fully saturated rings. The standard InChI is InChI=1S/C12H27N3O3.HI.3H2/c1-3-5-14-12(16)15-7-9-18-11-10-17-8-6-13-4-2;;;;/h13H,3-11H2,1-2H3,(H2,14,15,16);4*1H. The monoisotopic (exact) mass is 395 g/mol. The van der Waals surface area contributed by atoms with Gasteiger partial charge in [-0.1, -0.05) is 13.8 Å². The smallest absolute Gasteiger partial charge is 0.314 e. The molecule has 0 saturated heterocycles. The van der Waals surface area contributed by atoms with Crippen LogP contribution in [-0.4, -0.2) is 58.6 Å². The van der Waals surface area contributed by atoms with Gasteiger partial charge < -0.3 is 25.4 Å². The number of hydrogen-bond acceptors (Lipinski definition) is 4. The largest absolute Gasteiger partial charge is 0.378 e. The van der Waals surface area contributed by atoms with Crippen LogP contribution >= 0.6 is 24.0 Å². The molecule has 7 heteroatoms. The number of amides is 2. The van der Waals surface area contributed by atoms with Crippen LogP contribution in [0.4, 0.5) is 4.79 Å². The number of carbonyl (C=O) groups excluding carboxylic acids is 1. The maximum absolute atomic E-state index is 11.1. The summed E-state index contributed by atoms with van der Waals surface area (Å²) < 4.78 is 10.6. The Morgan fingerprint density at radius 1 is 0.947 bits per heavy atom. The molecule has 0 aliphatic heterocycles. The fourth-order valence-electron chi connectivity index (χ4n) is 1.18. The van der Waals surface area contributed by atoms with Gasteiger partial charge in [-0.3, -0.25) is 0 Å². The molecule has 19 heavy (non-hydrogen) atoms. The van der Waals surface area contributed by atoms with Crippen LogP contribution in [-0.2, 0) is 9.47 Å². The molecule has 0 heterocycles. The van der Waals surface area contributed by atoms with E-state index in [4.69, 9.17) is 9.47 Å². The molecule has 6 nitrogen and oxygen atoms in total. The first-order valence-corrected chi connectivity index (χ1v) is 6.69. The number of hydrogen-bond donors (Lipinski definition) is 3. The number of ether oxygens (including phenoxy) is 2. The van der Waals surface area contributed by atoms with Crippen molar-refractivity contribution in [3.63, 3.8) is 0 Å². The van der Waals surface area contributed by atoms with E-state index >= 15 is 0 Å². The van der Waals surface area contributed by atoms with E-state index in [9.17, 15) is 4.79 Å². The van der Waals surface area contributed by atoms with Gasteiger partial charge in [0.05, 0.1) is 26.4 Å². The first kappa shape index (κ1) is 21.2. The quantitative estimate of drug-likeness (QED) is 0.348. The Labute approximate surface area is 137 Å². The van der Waals surface area contributed by atoms with Crippen LogP contribution in [0.3, 0.4) is 0 Å². The molecule has 0 aliphatic rings. The van der Waals surface area contributed by atoms with E-state index in [1.54, 1.807) is 0 Å². The number of likely N-dealkylation sites (N-methyl/N-ethyl adjacent to an activating group) is 1. The van der Waals surface area contributed by atoms with Gasteiger partial charge in [-0.25, -0.2) is 4.79 Å². The molecule has 0 rings (SSSR count). The Morgan fingerprint density at radius 2 is 1.53 bits per heavy atom. The zero-order chi connectivity index (χ0) is 13.5. The zero-order valence-corrected chi connectivity index (χ0v) is 14.3. The van der Waals surface area contributed by atoms with Crippen LogP contribution in [0.15, 0.2) is 0 Å². The molecular formula is C12H34IN3O3. The lowest BCUT2D eigenvalue weighted by Gasteiger charge is -2.08. The summed E-state index contributed by atoms with van der Waals surface area (Å²) in [7, 11) is 0. The minimum atomic E-state index is -0.137. The van der Waals surface area contributed by atoms with Crippen molar-refractivity contribution >= 4 is 30.0 Å². The molecule has 0 radical (unpaired) electrons. The Morgan fingerprint density at radius 3 is 2.11 bits per heavy atom. The third-order valence-corrected chi connectivity index (χ3v) is 2.11. The third-order valence-electron chi connectivity index (χ3n) is 2.11. The summed E-state index contributed by atoms with van der Waals surface area (Å²) in [6.45, 7) is 9.50. The SMILES string of the molecule is CCCNC(=O)NCCOCCOCCNCC.I.[HH].[HH].[HH]. The first-order valence-electron chi connectivity index (χ1n) is 6.69. The van der Waals surface area contributed by atoms with Gasteiger partial charge >= 0.3 is 6.03 Å². The fourth-order valence-corrected chi connectivity index (χ4v) is 1.18. The molecule has 0 aromatic heterocycles. The third kappa shape index (κ3) is 17.9. The van der Waals surface area contributed by atoms with Gasteiger partial charge in [-0.2, -0.15) is 0 Å². The molecular weight excluding hydrogens is 361 g/mol. The van der Waals surface area contributed by atoms with Crippen molar-refractivity contribution < 1.29 is 18.5 Å². The summed E-state index contributed by atoms with van der Waals surface area (Å²) in [6, 6.07) is -0.137. The normalized spacial score (nSPS) is 9.79. The van der Waals surface area contributed by atoms with Crippen molar-refractivity contribution in [3.05, 3.63) is 0 Å². The van der Waals surface area contributed by atoms with Gasteiger partial charge in [0.25, 0.3) is 0 Å². The van der Waals surface area contributed by atoms with Crippen molar-refractivity contribution in [2.75, 3.05) is 52.6 Å². The summed E-state index contributed by atoms with van der Waals surface area (Å²) in [6.07, 6.45) is 0.939. The molecule has 0 spiro atoms. The summed E-state index contributed by atoms with van der Waals surface area (Å²) >= 11 is 0. The minimum absolute atomic E-state index is 0. The predicted molar refractivity (Wildman–Crippen MR) is 93.6 cm³/mol. The summed E-state index contributed by atoms with van der Waals surface area (Å²) in [5, 5.41) is 8.60. The topological polar surface area (TPSA) is 71.6 Å². The molecule has 0 unspecified atom stereocenters. The van der Waals surface area contributed by atoms with E-state index in [1.165, 1.54) is 0 Å². The molecule has 0 aromatic rings. The van der Waals surface area contributed by atoms with Gasteiger partial charge in [0, 0.05) is 23.9 Å². The zero-order valence-electron chi connectivity index (χ0n) is 12.0. The molecule has 2 amide bonds. The van der Waals surface area contributed by atoms with E-state index in [-0.39, 0.29) is 34.3 Å². The molecule has 0 saturated carbocycles. The second kappa shape index (κ2) is 17.9. The summed E-state index contributed by atoms with van der Waals surface area (Å²) in [4.78, 5) is 11.1. The Bertz CT molecular complexity index is 210. The van der Waals surface area contributed by atoms with Gasteiger partial charge in [-0.15, -0.1) is 24.0 Å². The lowest BCUT2D eigenvalue weighted by Crippen LogP contribution is -2.37. The second-order valence-corrected chi connectivity index (χ2v) is 3.76. The lowest BCUT2D eigenvalue weighted by molar-refractivity contribution is 0.0506. The summed E-state index contributed by atoms with van der Waals surface area (Å²) in [5.41, 5.74) is 0. The second-order valence-electron chi connectivity index (χ2n) is 3.76. The van der Waals surface area contributed by atoms with Crippen LogP contribution in [0, 0.1) is 0 Å². The fraction of sp³-hybridized carbons (Fsp3) is 0.917. The summed E-state index contributed by atoms with van der Waals surface area (Å²) in [5.74, 6) is 0. The maximum Gasteiger partial charge on any atom is 0.314 e. The number of halogens is 1. The van der Waals surface area contributed by atoms with Crippen molar-refractivity contribution in [1.82, 2.24) is 16.0 Å². The molecule has 122 valence electrons. The van der Waals surface area contributed by atoms with Crippen LogP contribution in [0.2, 0.25) is 0 Å². The van der Waals surface area contributed by atoms with E-state index < -0.39 is 0 Å². The van der Waals surface area contributed by atoms with Crippen molar-refractivity contribution in [1.29, 1.82) is 0 Å².